The van der Waals surface area contributed by atoms with E-state index in [9.17, 15) is 0 Å². The molecular formula is C5H9O2. The monoisotopic (exact) mass is 101 g/mol. The maximum atomic E-state index is 7.88. The van der Waals surface area contributed by atoms with Gasteiger partial charge in [0.15, 0.2) is 0 Å². The average molecular weight is 101 g/mol. The first-order valence-electron chi connectivity index (χ1n) is 1.97. The number of hydrogen-bond donors (Lipinski definition) is 1. The van der Waals surface area contributed by atoms with Crippen LogP contribution in [0.25, 0.3) is 0 Å². The Morgan fingerprint density at radius 3 is 2.29 bits per heavy atom. The molecule has 0 aliphatic rings. The van der Waals surface area contributed by atoms with Gasteiger partial charge in [-0.1, -0.05) is 6.58 Å². The van der Waals surface area contributed by atoms with Gasteiger partial charge in [-0.15, -0.1) is 0 Å². The molecule has 0 rings (SSSR count). The molecule has 0 bridgehead atoms. The lowest BCUT2D eigenvalue weighted by Crippen LogP contribution is -2.04. The highest BCUT2D eigenvalue weighted by atomic mass is 17.1. The SMILES string of the molecule is [CH2]C(OO)C(=C)C. The van der Waals surface area contributed by atoms with Crippen LogP contribution in [0.2, 0.25) is 0 Å². The maximum Gasteiger partial charge on any atom is 0.113 e. The Labute approximate surface area is 43.3 Å². The van der Waals surface area contributed by atoms with E-state index in [1.165, 1.54) is 0 Å². The largest absolute Gasteiger partial charge is 0.251 e. The highest BCUT2D eigenvalue weighted by molar-refractivity contribution is 4.98. The van der Waals surface area contributed by atoms with Gasteiger partial charge in [-0.25, -0.2) is 4.89 Å². The summed E-state index contributed by atoms with van der Waals surface area (Å²) < 4.78 is 0. The third-order valence-corrected chi connectivity index (χ3v) is 0.677. The molecule has 0 saturated carbocycles. The van der Waals surface area contributed by atoms with Crippen molar-refractivity contribution in [1.29, 1.82) is 0 Å². The first kappa shape index (κ1) is 6.66. The van der Waals surface area contributed by atoms with Crippen LogP contribution in [0.3, 0.4) is 0 Å². The molecule has 1 radical (unpaired) electrons. The first-order valence-corrected chi connectivity index (χ1v) is 1.97. The zero-order chi connectivity index (χ0) is 5.86. The Morgan fingerprint density at radius 2 is 2.29 bits per heavy atom. The van der Waals surface area contributed by atoms with E-state index in [0.29, 0.717) is 5.57 Å². The van der Waals surface area contributed by atoms with Crippen molar-refractivity contribution in [1.82, 2.24) is 0 Å². The zero-order valence-corrected chi connectivity index (χ0v) is 4.35. The molecule has 0 aromatic rings. The van der Waals surface area contributed by atoms with E-state index in [-0.39, 0.29) is 0 Å². The standard InChI is InChI=1S/C5H9O2/c1-4(2)5(3)7-6/h5-6H,1,3H2,2H3. The highest BCUT2D eigenvalue weighted by Gasteiger charge is 1.97. The van der Waals surface area contributed by atoms with Gasteiger partial charge in [0.05, 0.1) is 0 Å². The van der Waals surface area contributed by atoms with Crippen molar-refractivity contribution < 1.29 is 10.1 Å². The second-order valence-corrected chi connectivity index (χ2v) is 1.44. The molecule has 0 saturated heterocycles. The molecule has 0 amide bonds. The average Bonchev–Trinajstić information content (AvgIpc) is 1.65. The van der Waals surface area contributed by atoms with E-state index in [2.05, 4.69) is 18.4 Å². The summed E-state index contributed by atoms with van der Waals surface area (Å²) in [6, 6.07) is 0. The molecular weight excluding hydrogens is 92.1 g/mol. The minimum Gasteiger partial charge on any atom is -0.251 e. The Hall–Kier alpha value is -0.340. The van der Waals surface area contributed by atoms with Crippen LogP contribution in [0, 0.1) is 6.92 Å². The van der Waals surface area contributed by atoms with Crippen molar-refractivity contribution >= 4 is 0 Å². The summed E-state index contributed by atoms with van der Waals surface area (Å²) in [6.45, 7) is 8.59. The summed E-state index contributed by atoms with van der Waals surface area (Å²) in [4.78, 5) is 3.80. The third kappa shape index (κ3) is 2.37. The Bertz CT molecular complexity index is 68.5. The van der Waals surface area contributed by atoms with Gasteiger partial charge in [0.25, 0.3) is 0 Å². The van der Waals surface area contributed by atoms with Crippen molar-refractivity contribution in [2.24, 2.45) is 0 Å². The van der Waals surface area contributed by atoms with E-state index in [0.717, 1.165) is 0 Å². The van der Waals surface area contributed by atoms with Crippen molar-refractivity contribution in [2.45, 2.75) is 13.0 Å². The van der Waals surface area contributed by atoms with Gasteiger partial charge in [0, 0.05) is 0 Å². The van der Waals surface area contributed by atoms with Gasteiger partial charge in [-0.2, -0.15) is 0 Å². The normalized spacial score (nSPS) is 13.6. The van der Waals surface area contributed by atoms with Crippen LogP contribution < -0.4 is 0 Å². The van der Waals surface area contributed by atoms with Crippen LogP contribution in [0.5, 0.6) is 0 Å². The van der Waals surface area contributed by atoms with Crippen LogP contribution >= 0.6 is 0 Å². The van der Waals surface area contributed by atoms with Crippen LogP contribution in [0.4, 0.5) is 0 Å². The van der Waals surface area contributed by atoms with Gasteiger partial charge >= 0.3 is 0 Å². The molecule has 0 aliphatic heterocycles. The zero-order valence-electron chi connectivity index (χ0n) is 4.35. The van der Waals surface area contributed by atoms with Gasteiger partial charge < -0.3 is 0 Å². The van der Waals surface area contributed by atoms with Crippen LogP contribution in [-0.4, -0.2) is 11.4 Å². The van der Waals surface area contributed by atoms with Gasteiger partial charge in [-0.3, -0.25) is 5.26 Å². The number of rotatable bonds is 2. The molecule has 0 aromatic carbocycles. The highest BCUT2D eigenvalue weighted by Crippen LogP contribution is 1.97. The molecule has 41 valence electrons. The van der Waals surface area contributed by atoms with Crippen molar-refractivity contribution in [3.63, 3.8) is 0 Å². The molecule has 1 N–H and O–H groups in total. The van der Waals surface area contributed by atoms with Crippen molar-refractivity contribution in [3.8, 4) is 0 Å². The first-order chi connectivity index (χ1) is 3.18. The number of hydrogen-bond acceptors (Lipinski definition) is 2. The molecule has 0 heterocycles. The molecule has 0 aromatic heterocycles. The van der Waals surface area contributed by atoms with Crippen molar-refractivity contribution in [2.75, 3.05) is 0 Å². The lowest BCUT2D eigenvalue weighted by Gasteiger charge is -2.02. The Balaban J connectivity index is 3.34. The van der Waals surface area contributed by atoms with Crippen LogP contribution in [0.1, 0.15) is 6.92 Å². The van der Waals surface area contributed by atoms with E-state index in [1.54, 1.807) is 6.92 Å². The van der Waals surface area contributed by atoms with Gasteiger partial charge in [0.2, 0.25) is 0 Å². The van der Waals surface area contributed by atoms with Gasteiger partial charge in [0.1, 0.15) is 6.10 Å². The predicted molar refractivity (Wildman–Crippen MR) is 27.7 cm³/mol. The molecule has 7 heavy (non-hydrogen) atoms. The fourth-order valence-electron chi connectivity index (χ4n) is 0.0900. The minimum atomic E-state index is -0.486. The Kier molecular flexibility index (Phi) is 2.64. The van der Waals surface area contributed by atoms with E-state index in [1.807, 2.05) is 0 Å². The summed E-state index contributed by atoms with van der Waals surface area (Å²) in [7, 11) is 0. The third-order valence-electron chi connectivity index (χ3n) is 0.677. The Morgan fingerprint density at radius 1 is 1.86 bits per heavy atom. The fraction of sp³-hybridized carbons (Fsp3) is 0.400. The second kappa shape index (κ2) is 2.77. The lowest BCUT2D eigenvalue weighted by molar-refractivity contribution is -0.257. The summed E-state index contributed by atoms with van der Waals surface area (Å²) in [5, 5.41) is 7.88. The lowest BCUT2D eigenvalue weighted by atomic mass is 10.2. The second-order valence-electron chi connectivity index (χ2n) is 1.44. The van der Waals surface area contributed by atoms with E-state index < -0.39 is 6.10 Å². The van der Waals surface area contributed by atoms with Crippen LogP contribution in [-0.2, 0) is 4.89 Å². The summed E-state index contributed by atoms with van der Waals surface area (Å²) in [5.74, 6) is 0. The molecule has 1 atom stereocenters. The predicted octanol–water partition coefficient (Wildman–Crippen LogP) is 1.25. The molecule has 0 aliphatic carbocycles. The quantitative estimate of drug-likeness (QED) is 0.322. The fourth-order valence-corrected chi connectivity index (χ4v) is 0.0900. The summed E-state index contributed by atoms with van der Waals surface area (Å²) in [5.41, 5.74) is 0.711. The maximum absolute atomic E-state index is 7.88. The summed E-state index contributed by atoms with van der Waals surface area (Å²) >= 11 is 0. The van der Waals surface area contributed by atoms with Crippen LogP contribution in [0.15, 0.2) is 12.2 Å². The molecule has 0 spiro atoms. The van der Waals surface area contributed by atoms with Gasteiger partial charge in [-0.05, 0) is 19.4 Å². The smallest absolute Gasteiger partial charge is 0.113 e. The minimum absolute atomic E-state index is 0.486. The molecule has 2 heteroatoms. The molecule has 1 unspecified atom stereocenters. The topological polar surface area (TPSA) is 29.5 Å². The summed E-state index contributed by atoms with van der Waals surface area (Å²) in [6.07, 6.45) is -0.486. The van der Waals surface area contributed by atoms with Crippen molar-refractivity contribution in [3.05, 3.63) is 19.1 Å². The molecule has 2 nitrogen and oxygen atoms in total. The van der Waals surface area contributed by atoms with E-state index >= 15 is 0 Å². The van der Waals surface area contributed by atoms with E-state index in [4.69, 9.17) is 5.26 Å². The molecule has 0 fully saturated rings.